The molecule has 2 heterocycles. The lowest BCUT2D eigenvalue weighted by Crippen LogP contribution is -2.43. The van der Waals surface area contributed by atoms with Gasteiger partial charge < -0.3 is 15.4 Å². The number of carbonyl (C=O) groups excluding carboxylic acids is 1. The van der Waals surface area contributed by atoms with Gasteiger partial charge in [-0.15, -0.1) is 0 Å². The SMILES string of the molecule is C[C@@H]1C[C@@H](NC(=O)NCCC[C@H]2CCCCO2)CN1C1CC1. The summed E-state index contributed by atoms with van der Waals surface area (Å²) in [5.41, 5.74) is 0. The van der Waals surface area contributed by atoms with Crippen LogP contribution in [0.15, 0.2) is 0 Å². The van der Waals surface area contributed by atoms with Gasteiger partial charge in [-0.1, -0.05) is 0 Å². The standard InChI is InChI=1S/C17H31N3O2/c1-13-11-14(12-20(13)15-7-8-15)19-17(21)18-9-4-6-16-5-2-3-10-22-16/h13-16H,2-12H2,1H3,(H2,18,19,21)/t13-,14-,16-/m1/s1. The quantitative estimate of drug-likeness (QED) is 0.740. The molecule has 0 aromatic rings. The van der Waals surface area contributed by atoms with Gasteiger partial charge in [0.2, 0.25) is 0 Å². The van der Waals surface area contributed by atoms with Crippen molar-refractivity contribution in [3.05, 3.63) is 0 Å². The van der Waals surface area contributed by atoms with Gasteiger partial charge >= 0.3 is 6.03 Å². The minimum atomic E-state index is -0.000547. The van der Waals surface area contributed by atoms with Crippen LogP contribution in [0.1, 0.15) is 58.3 Å². The molecular weight excluding hydrogens is 278 g/mol. The molecule has 0 aromatic carbocycles. The second-order valence-corrected chi connectivity index (χ2v) is 7.24. The smallest absolute Gasteiger partial charge is 0.315 e. The number of hydrogen-bond donors (Lipinski definition) is 2. The zero-order valence-electron chi connectivity index (χ0n) is 13.9. The summed E-state index contributed by atoms with van der Waals surface area (Å²) < 4.78 is 5.71. The van der Waals surface area contributed by atoms with Gasteiger partial charge in [-0.25, -0.2) is 4.79 Å². The van der Waals surface area contributed by atoms with E-state index < -0.39 is 0 Å². The van der Waals surface area contributed by atoms with Crippen molar-refractivity contribution in [1.82, 2.24) is 15.5 Å². The molecule has 5 heteroatoms. The van der Waals surface area contributed by atoms with Crippen LogP contribution in [0.3, 0.4) is 0 Å². The maximum atomic E-state index is 12.0. The Morgan fingerprint density at radius 3 is 2.86 bits per heavy atom. The lowest BCUT2D eigenvalue weighted by Gasteiger charge is -2.22. The van der Waals surface area contributed by atoms with E-state index in [-0.39, 0.29) is 6.03 Å². The molecule has 2 aliphatic heterocycles. The molecule has 3 aliphatic rings. The number of likely N-dealkylation sites (tertiary alicyclic amines) is 1. The van der Waals surface area contributed by atoms with Crippen LogP contribution in [0.4, 0.5) is 4.79 Å². The summed E-state index contributed by atoms with van der Waals surface area (Å²) in [5, 5.41) is 6.14. The zero-order chi connectivity index (χ0) is 15.4. The fourth-order valence-corrected chi connectivity index (χ4v) is 3.88. The number of ether oxygens (including phenoxy) is 1. The van der Waals surface area contributed by atoms with Crippen LogP contribution in [-0.2, 0) is 4.74 Å². The first-order valence-electron chi connectivity index (χ1n) is 9.14. The van der Waals surface area contributed by atoms with Crippen LogP contribution in [0.5, 0.6) is 0 Å². The number of nitrogens with zero attached hydrogens (tertiary/aromatic N) is 1. The molecule has 126 valence electrons. The van der Waals surface area contributed by atoms with Crippen LogP contribution in [0.25, 0.3) is 0 Å². The number of rotatable bonds is 6. The van der Waals surface area contributed by atoms with Crippen molar-refractivity contribution in [2.24, 2.45) is 0 Å². The third-order valence-electron chi connectivity index (χ3n) is 5.24. The fraction of sp³-hybridized carbons (Fsp3) is 0.941. The van der Waals surface area contributed by atoms with Crippen molar-refractivity contribution < 1.29 is 9.53 Å². The summed E-state index contributed by atoms with van der Waals surface area (Å²) >= 11 is 0. The van der Waals surface area contributed by atoms with Crippen molar-refractivity contribution in [3.8, 4) is 0 Å². The number of urea groups is 1. The highest BCUT2D eigenvalue weighted by Gasteiger charge is 2.39. The van der Waals surface area contributed by atoms with Crippen molar-refractivity contribution in [1.29, 1.82) is 0 Å². The summed E-state index contributed by atoms with van der Waals surface area (Å²) in [6.07, 6.45) is 9.93. The fourth-order valence-electron chi connectivity index (χ4n) is 3.88. The number of hydrogen-bond acceptors (Lipinski definition) is 3. The average Bonchev–Trinajstić information content (AvgIpc) is 3.29. The Bertz CT molecular complexity index is 367. The average molecular weight is 309 g/mol. The summed E-state index contributed by atoms with van der Waals surface area (Å²) in [6, 6.07) is 1.72. The molecule has 2 amide bonds. The van der Waals surface area contributed by atoms with Gasteiger partial charge in [-0.2, -0.15) is 0 Å². The molecule has 0 radical (unpaired) electrons. The summed E-state index contributed by atoms with van der Waals surface area (Å²) in [7, 11) is 0. The normalized spacial score (nSPS) is 32.9. The monoisotopic (exact) mass is 309 g/mol. The molecule has 2 N–H and O–H groups in total. The first-order chi connectivity index (χ1) is 10.7. The van der Waals surface area contributed by atoms with Gasteiger partial charge in [0, 0.05) is 37.8 Å². The molecule has 1 aliphatic carbocycles. The second-order valence-electron chi connectivity index (χ2n) is 7.24. The third kappa shape index (κ3) is 4.59. The third-order valence-corrected chi connectivity index (χ3v) is 5.24. The van der Waals surface area contributed by atoms with Crippen LogP contribution in [0, 0.1) is 0 Å². The second kappa shape index (κ2) is 7.64. The lowest BCUT2D eigenvalue weighted by atomic mass is 10.0. The van der Waals surface area contributed by atoms with Gasteiger partial charge in [0.15, 0.2) is 0 Å². The van der Waals surface area contributed by atoms with Gasteiger partial charge in [-0.05, 0) is 58.3 Å². The summed E-state index contributed by atoms with van der Waals surface area (Å²) in [4.78, 5) is 14.5. The molecule has 3 fully saturated rings. The van der Waals surface area contributed by atoms with Crippen LogP contribution in [0.2, 0.25) is 0 Å². The van der Waals surface area contributed by atoms with E-state index in [2.05, 4.69) is 22.5 Å². The van der Waals surface area contributed by atoms with E-state index in [1.54, 1.807) is 0 Å². The molecule has 0 unspecified atom stereocenters. The first-order valence-corrected chi connectivity index (χ1v) is 9.14. The van der Waals surface area contributed by atoms with Crippen molar-refractivity contribution in [2.75, 3.05) is 19.7 Å². The van der Waals surface area contributed by atoms with E-state index in [9.17, 15) is 4.79 Å². The summed E-state index contributed by atoms with van der Waals surface area (Å²) in [6.45, 7) is 4.97. The summed E-state index contributed by atoms with van der Waals surface area (Å²) in [5.74, 6) is 0. The Morgan fingerprint density at radius 2 is 2.14 bits per heavy atom. The first kappa shape index (κ1) is 16.1. The minimum absolute atomic E-state index is 0.000547. The molecule has 22 heavy (non-hydrogen) atoms. The molecule has 5 nitrogen and oxygen atoms in total. The van der Waals surface area contributed by atoms with E-state index in [0.29, 0.717) is 18.2 Å². The lowest BCUT2D eigenvalue weighted by molar-refractivity contribution is 0.0103. The molecular formula is C17H31N3O2. The largest absolute Gasteiger partial charge is 0.378 e. The highest BCUT2D eigenvalue weighted by molar-refractivity contribution is 5.74. The topological polar surface area (TPSA) is 53.6 Å². The zero-order valence-corrected chi connectivity index (χ0v) is 13.9. The molecule has 3 atom stereocenters. The number of nitrogens with one attached hydrogen (secondary N) is 2. The molecule has 1 saturated carbocycles. The Hall–Kier alpha value is -0.810. The van der Waals surface area contributed by atoms with Crippen LogP contribution < -0.4 is 10.6 Å². The Kier molecular flexibility index (Phi) is 5.58. The molecule has 0 spiro atoms. The number of amides is 2. The van der Waals surface area contributed by atoms with Crippen molar-refractivity contribution in [2.45, 2.75) is 82.5 Å². The predicted molar refractivity (Wildman–Crippen MR) is 87.0 cm³/mol. The number of carbonyl (C=O) groups is 1. The van der Waals surface area contributed by atoms with Crippen LogP contribution in [-0.4, -0.2) is 54.9 Å². The maximum Gasteiger partial charge on any atom is 0.315 e. The Balaban J connectivity index is 1.26. The van der Waals surface area contributed by atoms with Gasteiger partial charge in [0.1, 0.15) is 0 Å². The van der Waals surface area contributed by atoms with E-state index in [1.807, 2.05) is 0 Å². The van der Waals surface area contributed by atoms with Gasteiger partial charge in [0.25, 0.3) is 0 Å². The Morgan fingerprint density at radius 1 is 1.27 bits per heavy atom. The van der Waals surface area contributed by atoms with Crippen LogP contribution >= 0.6 is 0 Å². The van der Waals surface area contributed by atoms with E-state index in [0.717, 1.165) is 45.0 Å². The molecule has 0 bridgehead atoms. The van der Waals surface area contributed by atoms with E-state index in [1.165, 1.54) is 32.1 Å². The highest BCUT2D eigenvalue weighted by Crippen LogP contribution is 2.33. The van der Waals surface area contributed by atoms with Gasteiger partial charge in [-0.3, -0.25) is 4.90 Å². The highest BCUT2D eigenvalue weighted by atomic mass is 16.5. The van der Waals surface area contributed by atoms with Crippen molar-refractivity contribution in [3.63, 3.8) is 0 Å². The maximum absolute atomic E-state index is 12.0. The molecule has 2 saturated heterocycles. The van der Waals surface area contributed by atoms with Crippen molar-refractivity contribution >= 4 is 6.03 Å². The Labute approximate surface area is 134 Å². The van der Waals surface area contributed by atoms with E-state index in [4.69, 9.17) is 4.74 Å². The molecule has 0 aromatic heterocycles. The molecule has 3 rings (SSSR count). The van der Waals surface area contributed by atoms with E-state index >= 15 is 0 Å². The minimum Gasteiger partial charge on any atom is -0.378 e. The predicted octanol–water partition coefficient (Wildman–Crippen LogP) is 2.26. The van der Waals surface area contributed by atoms with Gasteiger partial charge in [0.05, 0.1) is 6.10 Å².